The fraction of sp³-hybridized carbons (Fsp3) is 0.700. The van der Waals surface area contributed by atoms with Gasteiger partial charge >= 0.3 is 0 Å². The summed E-state index contributed by atoms with van der Waals surface area (Å²) in [5.74, 6) is 2.89. The van der Waals surface area contributed by atoms with E-state index in [1.807, 2.05) is 18.9 Å². The Morgan fingerprint density at radius 1 is 1.31 bits per heavy atom. The summed E-state index contributed by atoms with van der Waals surface area (Å²) in [5.41, 5.74) is 8.25. The van der Waals surface area contributed by atoms with Crippen LogP contribution in [0.3, 0.4) is 0 Å². The van der Waals surface area contributed by atoms with Gasteiger partial charge in [0, 0.05) is 44.9 Å². The van der Waals surface area contributed by atoms with Gasteiger partial charge in [-0.25, -0.2) is 9.97 Å². The second-order valence-electron chi connectivity index (χ2n) is 8.50. The Labute approximate surface area is 170 Å². The molecule has 2 N–H and O–H groups in total. The van der Waals surface area contributed by atoms with Crippen molar-refractivity contribution >= 4 is 17.1 Å². The number of amides is 1. The highest BCUT2D eigenvalue weighted by Crippen LogP contribution is 2.38. The van der Waals surface area contributed by atoms with Gasteiger partial charge in [-0.15, -0.1) is 0 Å². The third-order valence-electron chi connectivity index (χ3n) is 6.75. The number of nitrogens with one attached hydrogen (secondary N) is 2. The number of fused-ring (bicyclic) bond motifs is 2. The van der Waals surface area contributed by atoms with Gasteiger partial charge in [0.2, 0.25) is 11.8 Å². The lowest BCUT2D eigenvalue weighted by atomic mass is 9.79. The lowest BCUT2D eigenvalue weighted by Gasteiger charge is -2.30. The van der Waals surface area contributed by atoms with E-state index in [1.165, 1.54) is 6.42 Å². The molecule has 156 valence electrons. The average molecular weight is 399 g/mol. The number of hydrogen-bond donors (Lipinski definition) is 2. The van der Waals surface area contributed by atoms with Crippen molar-refractivity contribution < 1.29 is 9.53 Å². The van der Waals surface area contributed by atoms with Gasteiger partial charge in [0.25, 0.3) is 0 Å². The third kappa shape index (κ3) is 3.36. The number of hydrazine groups is 1. The fourth-order valence-corrected chi connectivity index (χ4v) is 5.09. The molecular weight excluding hydrogens is 370 g/mol. The Morgan fingerprint density at radius 3 is 3.07 bits per heavy atom. The van der Waals surface area contributed by atoms with Crippen LogP contribution in [0.5, 0.6) is 5.88 Å². The zero-order valence-electron chi connectivity index (χ0n) is 17.1. The van der Waals surface area contributed by atoms with Crippen molar-refractivity contribution in [2.24, 2.45) is 13.0 Å². The smallest absolute Gasteiger partial charge is 0.245 e. The van der Waals surface area contributed by atoms with Crippen molar-refractivity contribution in [3.8, 4) is 5.88 Å². The lowest BCUT2D eigenvalue weighted by Crippen LogP contribution is -2.36. The van der Waals surface area contributed by atoms with Crippen LogP contribution in [0, 0.1) is 5.92 Å². The molecule has 3 aliphatic rings. The van der Waals surface area contributed by atoms with Crippen molar-refractivity contribution in [3.05, 3.63) is 12.2 Å². The molecule has 0 bridgehead atoms. The molecule has 0 spiro atoms. The maximum absolute atomic E-state index is 11.9. The minimum absolute atomic E-state index is 0.0433. The summed E-state index contributed by atoms with van der Waals surface area (Å²) in [6, 6.07) is 0.510. The van der Waals surface area contributed by atoms with E-state index in [-0.39, 0.29) is 12.0 Å². The monoisotopic (exact) mass is 399 g/mol. The number of nitrogens with zero attached hydrogens (tertiary/aromatic N) is 5. The molecule has 29 heavy (non-hydrogen) atoms. The van der Waals surface area contributed by atoms with Gasteiger partial charge in [0.1, 0.15) is 18.3 Å². The van der Waals surface area contributed by atoms with Crippen LogP contribution in [0.2, 0.25) is 0 Å². The molecule has 1 amide bonds. The summed E-state index contributed by atoms with van der Waals surface area (Å²) in [6.45, 7) is 4.31. The number of aromatic nitrogens is 4. The topological polar surface area (TPSA) is 97.2 Å². The van der Waals surface area contributed by atoms with E-state index >= 15 is 0 Å². The largest absolute Gasteiger partial charge is 0.471 e. The molecule has 4 heterocycles. The molecule has 2 aliphatic heterocycles. The Balaban J connectivity index is 1.37. The maximum atomic E-state index is 11.9. The Morgan fingerprint density at radius 2 is 2.21 bits per heavy atom. The molecule has 9 heteroatoms. The highest BCUT2D eigenvalue weighted by Gasteiger charge is 2.36. The van der Waals surface area contributed by atoms with Crippen molar-refractivity contribution in [2.45, 2.75) is 57.1 Å². The number of rotatable bonds is 4. The number of hydrogen-bond acceptors (Lipinski definition) is 7. The summed E-state index contributed by atoms with van der Waals surface area (Å²) >= 11 is 0. The Hall–Kier alpha value is -2.26. The number of carbonyl (C=O) groups is 1. The second kappa shape index (κ2) is 7.53. The summed E-state index contributed by atoms with van der Waals surface area (Å²) in [5, 5.41) is 0. The van der Waals surface area contributed by atoms with Crippen LogP contribution in [0.25, 0.3) is 11.2 Å². The van der Waals surface area contributed by atoms with Crippen LogP contribution in [-0.2, 0) is 11.8 Å². The molecule has 0 aromatic carbocycles. The Bertz CT molecular complexity index is 914. The van der Waals surface area contributed by atoms with E-state index in [0.29, 0.717) is 30.8 Å². The van der Waals surface area contributed by atoms with E-state index in [4.69, 9.17) is 9.72 Å². The molecule has 2 aromatic heterocycles. The number of aryl methyl sites for hydroxylation is 1. The van der Waals surface area contributed by atoms with Gasteiger partial charge in [-0.1, -0.05) is 6.92 Å². The van der Waals surface area contributed by atoms with Crippen LogP contribution < -0.4 is 15.6 Å². The minimum atomic E-state index is -0.0433. The van der Waals surface area contributed by atoms with Gasteiger partial charge in [-0.05, 0) is 25.2 Å². The normalized spacial score (nSPS) is 29.4. The lowest BCUT2D eigenvalue weighted by molar-refractivity contribution is -0.130. The van der Waals surface area contributed by atoms with E-state index in [1.54, 1.807) is 6.33 Å². The summed E-state index contributed by atoms with van der Waals surface area (Å²) in [6.07, 6.45) is 6.28. The average Bonchev–Trinajstić information content (AvgIpc) is 3.46. The molecular formula is C20H29N7O2. The van der Waals surface area contributed by atoms with Crippen LogP contribution in [0.15, 0.2) is 6.33 Å². The van der Waals surface area contributed by atoms with Crippen LogP contribution in [0.1, 0.15) is 50.8 Å². The van der Waals surface area contributed by atoms with E-state index in [2.05, 4.69) is 25.4 Å². The minimum Gasteiger partial charge on any atom is -0.471 e. The second-order valence-corrected chi connectivity index (χ2v) is 8.50. The number of imidazole rings is 1. The first-order valence-electron chi connectivity index (χ1n) is 10.7. The number of carbonyl (C=O) groups excluding carboxylic acids is 1. The maximum Gasteiger partial charge on any atom is 0.245 e. The van der Waals surface area contributed by atoms with Gasteiger partial charge in [-0.3, -0.25) is 15.6 Å². The predicted octanol–water partition coefficient (Wildman–Crippen LogP) is 1.11. The van der Waals surface area contributed by atoms with Crippen molar-refractivity contribution in [1.29, 1.82) is 0 Å². The highest BCUT2D eigenvalue weighted by molar-refractivity contribution is 5.77. The van der Waals surface area contributed by atoms with E-state index in [9.17, 15) is 4.79 Å². The van der Waals surface area contributed by atoms with Gasteiger partial charge < -0.3 is 14.2 Å². The van der Waals surface area contributed by atoms with Crippen molar-refractivity contribution in [1.82, 2.24) is 35.3 Å². The molecule has 1 saturated carbocycles. The molecule has 1 aliphatic carbocycles. The van der Waals surface area contributed by atoms with Gasteiger partial charge in [0.15, 0.2) is 11.2 Å². The molecule has 0 radical (unpaired) electrons. The molecule has 3 fully saturated rings. The number of ether oxygens (including phenoxy) is 1. The number of likely N-dealkylation sites (tertiary alicyclic amines) is 1. The zero-order valence-corrected chi connectivity index (χ0v) is 17.1. The zero-order chi connectivity index (χ0) is 20.0. The van der Waals surface area contributed by atoms with Crippen LogP contribution in [-0.4, -0.2) is 62.1 Å². The van der Waals surface area contributed by atoms with Crippen LogP contribution in [0.4, 0.5) is 0 Å². The van der Waals surface area contributed by atoms with Crippen molar-refractivity contribution in [2.75, 3.05) is 19.6 Å². The first-order chi connectivity index (χ1) is 14.1. The summed E-state index contributed by atoms with van der Waals surface area (Å²) in [7, 11) is 2.03. The standard InChI is InChI=1S/C20H29N7O2/c1-3-16(28)27-7-6-14(10-27)29-20-17-19(21-11-22-20)26(2)18(24-17)12-4-5-13-9-23-25-15(13)8-12/h11-15,23,25H,3-10H2,1-2H3/t12?,13?,14-,15?/m0/s1. The Kier molecular flexibility index (Phi) is 4.87. The quantitative estimate of drug-likeness (QED) is 0.795. The molecule has 9 nitrogen and oxygen atoms in total. The van der Waals surface area contributed by atoms with Crippen LogP contribution >= 0.6 is 0 Å². The summed E-state index contributed by atoms with van der Waals surface area (Å²) in [4.78, 5) is 27.6. The first kappa shape index (κ1) is 18.7. The van der Waals surface area contributed by atoms with E-state index in [0.717, 1.165) is 55.3 Å². The third-order valence-corrected chi connectivity index (χ3v) is 6.75. The molecule has 2 aromatic rings. The predicted molar refractivity (Wildman–Crippen MR) is 107 cm³/mol. The fourth-order valence-electron chi connectivity index (χ4n) is 5.09. The SMILES string of the molecule is CCC(=O)N1CC[C@H](Oc2ncnc3c2nc(C2CCC4CNNC4C2)n3C)C1. The molecule has 2 saturated heterocycles. The molecule has 4 atom stereocenters. The first-order valence-corrected chi connectivity index (χ1v) is 10.7. The molecule has 5 rings (SSSR count). The summed E-state index contributed by atoms with van der Waals surface area (Å²) < 4.78 is 8.29. The van der Waals surface area contributed by atoms with Gasteiger partial charge in [-0.2, -0.15) is 4.98 Å². The van der Waals surface area contributed by atoms with Gasteiger partial charge in [0.05, 0.1) is 6.54 Å². The molecule has 3 unspecified atom stereocenters. The highest BCUT2D eigenvalue weighted by atomic mass is 16.5. The van der Waals surface area contributed by atoms with E-state index < -0.39 is 0 Å². The van der Waals surface area contributed by atoms with Crippen molar-refractivity contribution in [3.63, 3.8) is 0 Å².